The summed E-state index contributed by atoms with van der Waals surface area (Å²) in [5.74, 6) is 0.338. The van der Waals surface area contributed by atoms with Gasteiger partial charge in [-0.15, -0.1) is 0 Å². The Bertz CT molecular complexity index is 917. The Balaban J connectivity index is 1.91. The standard InChI is InChI=1S/C24H28N4O2/c1-2-3-15-30-22-8-6-21(7-9-22)24(23(25)29,16-19-10-13-26-14-11-19)28-18-20-5-4-12-27-17-20/h4-14,17,28H,2-3,15-16,18H2,1H3,(H2,25,29). The van der Waals surface area contributed by atoms with Gasteiger partial charge in [0.25, 0.3) is 0 Å². The van der Waals surface area contributed by atoms with Crippen LogP contribution in [0, 0.1) is 0 Å². The van der Waals surface area contributed by atoms with E-state index >= 15 is 0 Å². The van der Waals surface area contributed by atoms with Gasteiger partial charge in [0.05, 0.1) is 6.61 Å². The Morgan fingerprint density at radius 2 is 1.80 bits per heavy atom. The lowest BCUT2D eigenvalue weighted by atomic mass is 9.83. The number of hydrogen-bond donors (Lipinski definition) is 2. The Morgan fingerprint density at radius 1 is 1.03 bits per heavy atom. The Hall–Kier alpha value is -3.25. The Kier molecular flexibility index (Phi) is 7.51. The molecule has 1 unspecified atom stereocenters. The fourth-order valence-corrected chi connectivity index (χ4v) is 3.32. The number of primary amides is 1. The zero-order valence-electron chi connectivity index (χ0n) is 17.3. The van der Waals surface area contributed by atoms with Gasteiger partial charge in [0.2, 0.25) is 5.91 Å². The number of ether oxygens (including phenoxy) is 1. The number of hydrogen-bond acceptors (Lipinski definition) is 5. The molecule has 3 rings (SSSR count). The second-order valence-corrected chi connectivity index (χ2v) is 7.24. The molecule has 6 heteroatoms. The number of carbonyl (C=O) groups is 1. The summed E-state index contributed by atoms with van der Waals surface area (Å²) in [5, 5.41) is 3.41. The van der Waals surface area contributed by atoms with E-state index in [2.05, 4.69) is 22.2 Å². The van der Waals surface area contributed by atoms with Crippen molar-refractivity contribution in [3.05, 3.63) is 90.0 Å². The molecule has 2 heterocycles. The first-order valence-corrected chi connectivity index (χ1v) is 10.2. The van der Waals surface area contributed by atoms with Gasteiger partial charge in [-0.3, -0.25) is 20.1 Å². The van der Waals surface area contributed by atoms with Crippen molar-refractivity contribution in [3.8, 4) is 5.75 Å². The zero-order chi connectivity index (χ0) is 21.2. The molecule has 0 aliphatic heterocycles. The molecule has 0 fully saturated rings. The maximum absolute atomic E-state index is 12.8. The van der Waals surface area contributed by atoms with Crippen molar-refractivity contribution < 1.29 is 9.53 Å². The van der Waals surface area contributed by atoms with Gasteiger partial charge in [0.1, 0.15) is 11.3 Å². The lowest BCUT2D eigenvalue weighted by molar-refractivity contribution is -0.125. The fourth-order valence-electron chi connectivity index (χ4n) is 3.32. The number of nitrogens with one attached hydrogen (secondary N) is 1. The zero-order valence-corrected chi connectivity index (χ0v) is 17.3. The minimum atomic E-state index is -1.08. The van der Waals surface area contributed by atoms with Gasteiger partial charge in [0.15, 0.2) is 0 Å². The highest BCUT2D eigenvalue weighted by Crippen LogP contribution is 2.28. The third kappa shape index (κ3) is 5.42. The molecule has 1 aromatic carbocycles. The van der Waals surface area contributed by atoms with Crippen LogP contribution in [0.4, 0.5) is 0 Å². The third-order valence-corrected chi connectivity index (χ3v) is 5.07. The largest absolute Gasteiger partial charge is 0.494 e. The van der Waals surface area contributed by atoms with Crippen molar-refractivity contribution in [2.45, 2.75) is 38.3 Å². The van der Waals surface area contributed by atoms with E-state index in [0.29, 0.717) is 19.6 Å². The van der Waals surface area contributed by atoms with Crippen LogP contribution in [0.25, 0.3) is 0 Å². The summed E-state index contributed by atoms with van der Waals surface area (Å²) >= 11 is 0. The van der Waals surface area contributed by atoms with Gasteiger partial charge >= 0.3 is 0 Å². The van der Waals surface area contributed by atoms with Crippen LogP contribution in [0.2, 0.25) is 0 Å². The van der Waals surface area contributed by atoms with Crippen molar-refractivity contribution in [3.63, 3.8) is 0 Å². The fraction of sp³-hybridized carbons (Fsp3) is 0.292. The molecular weight excluding hydrogens is 376 g/mol. The van der Waals surface area contributed by atoms with Crippen LogP contribution in [0.3, 0.4) is 0 Å². The molecule has 3 aromatic rings. The van der Waals surface area contributed by atoms with E-state index in [0.717, 1.165) is 35.3 Å². The van der Waals surface area contributed by atoms with Crippen LogP contribution < -0.4 is 15.8 Å². The first-order chi connectivity index (χ1) is 14.6. The summed E-state index contributed by atoms with van der Waals surface area (Å²) in [6.07, 6.45) is 9.41. The second kappa shape index (κ2) is 10.5. The number of benzene rings is 1. The van der Waals surface area contributed by atoms with E-state index in [-0.39, 0.29) is 0 Å². The highest BCUT2D eigenvalue weighted by atomic mass is 16.5. The van der Waals surface area contributed by atoms with Crippen molar-refractivity contribution >= 4 is 5.91 Å². The summed E-state index contributed by atoms with van der Waals surface area (Å²) in [7, 11) is 0. The Morgan fingerprint density at radius 3 is 2.43 bits per heavy atom. The van der Waals surface area contributed by atoms with Gasteiger partial charge in [-0.05, 0) is 53.4 Å². The van der Waals surface area contributed by atoms with Crippen molar-refractivity contribution in [1.82, 2.24) is 15.3 Å². The predicted molar refractivity (Wildman–Crippen MR) is 117 cm³/mol. The Labute approximate surface area is 177 Å². The molecule has 3 N–H and O–H groups in total. The minimum absolute atomic E-state index is 0.404. The molecule has 156 valence electrons. The molecule has 1 amide bonds. The molecule has 1 atom stereocenters. The van der Waals surface area contributed by atoms with Gasteiger partial charge in [0, 0.05) is 37.8 Å². The number of unbranched alkanes of at least 4 members (excludes halogenated alkanes) is 1. The van der Waals surface area contributed by atoms with Gasteiger partial charge in [-0.2, -0.15) is 0 Å². The van der Waals surface area contributed by atoms with E-state index in [1.165, 1.54) is 0 Å². The quantitative estimate of drug-likeness (QED) is 0.478. The normalized spacial score (nSPS) is 12.8. The monoisotopic (exact) mass is 404 g/mol. The van der Waals surface area contributed by atoms with Crippen LogP contribution in [-0.4, -0.2) is 22.5 Å². The first-order valence-electron chi connectivity index (χ1n) is 10.2. The molecule has 0 saturated heterocycles. The van der Waals surface area contributed by atoms with Crippen molar-refractivity contribution in [2.75, 3.05) is 6.61 Å². The summed E-state index contributed by atoms with van der Waals surface area (Å²) in [5.41, 5.74) is 7.63. The van der Waals surface area contributed by atoms with Crippen molar-refractivity contribution in [2.24, 2.45) is 5.73 Å². The SMILES string of the molecule is CCCCOc1ccc(C(Cc2ccncc2)(NCc2cccnc2)C(N)=O)cc1. The number of aromatic nitrogens is 2. The van der Waals surface area contributed by atoms with E-state index in [1.54, 1.807) is 24.8 Å². The topological polar surface area (TPSA) is 90.1 Å². The second-order valence-electron chi connectivity index (χ2n) is 7.24. The molecule has 0 bridgehead atoms. The van der Waals surface area contributed by atoms with Crippen LogP contribution in [0.5, 0.6) is 5.75 Å². The average Bonchev–Trinajstić information content (AvgIpc) is 2.78. The molecule has 30 heavy (non-hydrogen) atoms. The summed E-state index contributed by atoms with van der Waals surface area (Å²) in [6.45, 7) is 3.25. The number of nitrogens with two attached hydrogens (primary N) is 1. The van der Waals surface area contributed by atoms with E-state index in [1.807, 2.05) is 48.5 Å². The van der Waals surface area contributed by atoms with E-state index in [9.17, 15) is 4.79 Å². The van der Waals surface area contributed by atoms with E-state index in [4.69, 9.17) is 10.5 Å². The van der Waals surface area contributed by atoms with Crippen LogP contribution >= 0.6 is 0 Å². The number of nitrogens with zero attached hydrogens (tertiary/aromatic N) is 2. The lowest BCUT2D eigenvalue weighted by Crippen LogP contribution is -2.54. The van der Waals surface area contributed by atoms with Crippen molar-refractivity contribution in [1.29, 1.82) is 0 Å². The lowest BCUT2D eigenvalue weighted by Gasteiger charge is -2.33. The molecular formula is C24H28N4O2. The molecule has 0 radical (unpaired) electrons. The number of rotatable bonds is 11. The van der Waals surface area contributed by atoms with Gasteiger partial charge in [-0.1, -0.05) is 31.5 Å². The molecule has 2 aromatic heterocycles. The average molecular weight is 405 g/mol. The number of carbonyl (C=O) groups excluding carboxylic acids is 1. The first kappa shape index (κ1) is 21.5. The van der Waals surface area contributed by atoms with Crippen LogP contribution in [-0.2, 0) is 23.3 Å². The minimum Gasteiger partial charge on any atom is -0.494 e. The number of pyridine rings is 2. The van der Waals surface area contributed by atoms with Gasteiger partial charge in [-0.25, -0.2) is 0 Å². The maximum Gasteiger partial charge on any atom is 0.242 e. The molecule has 6 nitrogen and oxygen atoms in total. The smallest absolute Gasteiger partial charge is 0.242 e. The number of amides is 1. The van der Waals surface area contributed by atoms with Crippen LogP contribution in [0.15, 0.2) is 73.3 Å². The highest BCUT2D eigenvalue weighted by molar-refractivity contribution is 5.86. The molecule has 0 aliphatic carbocycles. The van der Waals surface area contributed by atoms with E-state index < -0.39 is 11.4 Å². The molecule has 0 saturated carbocycles. The summed E-state index contributed by atoms with van der Waals surface area (Å²) in [6, 6.07) is 15.2. The highest BCUT2D eigenvalue weighted by Gasteiger charge is 2.38. The molecule has 0 spiro atoms. The summed E-state index contributed by atoms with van der Waals surface area (Å²) < 4.78 is 5.77. The van der Waals surface area contributed by atoms with Gasteiger partial charge < -0.3 is 10.5 Å². The van der Waals surface area contributed by atoms with Crippen LogP contribution in [0.1, 0.15) is 36.5 Å². The predicted octanol–water partition coefficient (Wildman–Crippen LogP) is 3.37. The maximum atomic E-state index is 12.8. The molecule has 0 aliphatic rings. The third-order valence-electron chi connectivity index (χ3n) is 5.07. The summed E-state index contributed by atoms with van der Waals surface area (Å²) in [4.78, 5) is 21.1.